The molecule has 2 atom stereocenters. The van der Waals surface area contributed by atoms with Gasteiger partial charge < -0.3 is 10.4 Å². The van der Waals surface area contributed by atoms with Crippen LogP contribution in [0.2, 0.25) is 0 Å². The molecule has 1 rings (SSSR count). The average molecular weight is 311 g/mol. The van der Waals surface area contributed by atoms with E-state index in [-0.39, 0.29) is 12.1 Å². The summed E-state index contributed by atoms with van der Waals surface area (Å²) in [6.07, 6.45) is 17.4. The highest BCUT2D eigenvalue weighted by atomic mass is 16.3. The fourth-order valence-electron chi connectivity index (χ4n) is 3.08. The second kappa shape index (κ2) is 12.9. The van der Waals surface area contributed by atoms with Gasteiger partial charge in [-0.2, -0.15) is 0 Å². The van der Waals surface area contributed by atoms with Crippen molar-refractivity contribution in [3.05, 3.63) is 0 Å². The van der Waals surface area contributed by atoms with Gasteiger partial charge >= 0.3 is 0 Å². The maximum Gasteiger partial charge on any atom is 0.0969 e. The topological polar surface area (TPSA) is 44.6 Å². The fraction of sp³-hybridized carbons (Fsp3) is 0.947. The van der Waals surface area contributed by atoms with Gasteiger partial charge in [-0.05, 0) is 13.3 Å². The van der Waals surface area contributed by atoms with E-state index in [1.165, 1.54) is 77.0 Å². The molecule has 0 saturated heterocycles. The number of hydrogen-bond acceptors (Lipinski definition) is 3. The highest BCUT2D eigenvalue weighted by molar-refractivity contribution is 5.83. The van der Waals surface area contributed by atoms with Crippen LogP contribution in [-0.2, 0) is 0 Å². The Balaban J connectivity index is 1.81. The molecular weight excluding hydrogens is 272 g/mol. The number of aliphatic hydroxyl groups is 1. The minimum Gasteiger partial charge on any atom is -0.391 e. The predicted octanol–water partition coefficient (Wildman–Crippen LogP) is 4.83. The SMILES string of the molecule is CCCCCCCCCCCCCCC1=NC(C(C)O)CN1. The number of aliphatic imine (C=N–C) groups is 1. The summed E-state index contributed by atoms with van der Waals surface area (Å²) < 4.78 is 0. The summed E-state index contributed by atoms with van der Waals surface area (Å²) in [6.45, 7) is 4.91. The Morgan fingerprint density at radius 3 is 1.91 bits per heavy atom. The first kappa shape index (κ1) is 19.5. The van der Waals surface area contributed by atoms with E-state index in [1.54, 1.807) is 0 Å². The summed E-state index contributed by atoms with van der Waals surface area (Å²) in [5.74, 6) is 1.11. The van der Waals surface area contributed by atoms with E-state index in [4.69, 9.17) is 0 Å². The molecule has 0 aliphatic carbocycles. The zero-order valence-electron chi connectivity index (χ0n) is 14.9. The maximum atomic E-state index is 9.50. The van der Waals surface area contributed by atoms with Crippen molar-refractivity contribution >= 4 is 5.84 Å². The van der Waals surface area contributed by atoms with Gasteiger partial charge in [0, 0.05) is 13.0 Å². The lowest BCUT2D eigenvalue weighted by atomic mass is 10.0. The zero-order valence-corrected chi connectivity index (χ0v) is 14.9. The first-order chi connectivity index (χ1) is 10.7. The standard InChI is InChI=1S/C19H38N2O/c1-3-4-5-6-7-8-9-10-11-12-13-14-15-19-20-16-18(21-19)17(2)22/h17-18,22H,3-16H2,1-2H3,(H,20,21). The molecule has 0 aromatic carbocycles. The lowest BCUT2D eigenvalue weighted by Crippen LogP contribution is -2.27. The highest BCUT2D eigenvalue weighted by Gasteiger charge is 2.20. The van der Waals surface area contributed by atoms with Crippen molar-refractivity contribution in [3.63, 3.8) is 0 Å². The van der Waals surface area contributed by atoms with Crippen molar-refractivity contribution in [2.75, 3.05) is 6.54 Å². The van der Waals surface area contributed by atoms with Gasteiger partial charge in [0.1, 0.15) is 0 Å². The second-order valence-electron chi connectivity index (χ2n) is 6.90. The number of rotatable bonds is 14. The minimum atomic E-state index is -0.327. The second-order valence-corrected chi connectivity index (χ2v) is 6.90. The van der Waals surface area contributed by atoms with Crippen molar-refractivity contribution in [2.45, 2.75) is 109 Å². The Morgan fingerprint density at radius 1 is 0.955 bits per heavy atom. The van der Waals surface area contributed by atoms with Gasteiger partial charge in [0.15, 0.2) is 0 Å². The van der Waals surface area contributed by atoms with Crippen LogP contribution in [0.5, 0.6) is 0 Å². The maximum absolute atomic E-state index is 9.50. The van der Waals surface area contributed by atoms with Crippen LogP contribution in [0.1, 0.15) is 97.3 Å². The molecule has 1 aliphatic rings. The Morgan fingerprint density at radius 2 is 1.45 bits per heavy atom. The predicted molar refractivity (Wildman–Crippen MR) is 96.6 cm³/mol. The fourth-order valence-corrected chi connectivity index (χ4v) is 3.08. The zero-order chi connectivity index (χ0) is 16.0. The molecule has 0 fully saturated rings. The molecule has 0 spiro atoms. The van der Waals surface area contributed by atoms with Crippen LogP contribution in [0.3, 0.4) is 0 Å². The van der Waals surface area contributed by atoms with Crippen LogP contribution in [-0.4, -0.2) is 29.6 Å². The molecule has 0 bridgehead atoms. The van der Waals surface area contributed by atoms with Crippen LogP contribution in [0.4, 0.5) is 0 Å². The van der Waals surface area contributed by atoms with E-state index in [0.29, 0.717) is 0 Å². The normalized spacial score (nSPS) is 19.0. The van der Waals surface area contributed by atoms with E-state index in [1.807, 2.05) is 6.92 Å². The molecule has 130 valence electrons. The quantitative estimate of drug-likeness (QED) is 0.451. The lowest BCUT2D eigenvalue weighted by Gasteiger charge is -2.07. The third-order valence-corrected chi connectivity index (χ3v) is 4.66. The molecule has 2 N–H and O–H groups in total. The largest absolute Gasteiger partial charge is 0.391 e. The average Bonchev–Trinajstić information content (AvgIpc) is 2.97. The molecule has 22 heavy (non-hydrogen) atoms. The molecule has 0 radical (unpaired) electrons. The summed E-state index contributed by atoms with van der Waals surface area (Å²) >= 11 is 0. The lowest BCUT2D eigenvalue weighted by molar-refractivity contribution is 0.169. The molecule has 2 unspecified atom stereocenters. The van der Waals surface area contributed by atoms with Crippen LogP contribution < -0.4 is 5.32 Å². The molecule has 0 amide bonds. The number of unbranched alkanes of at least 4 members (excludes halogenated alkanes) is 11. The molecule has 3 heteroatoms. The van der Waals surface area contributed by atoms with Crippen molar-refractivity contribution < 1.29 is 5.11 Å². The smallest absolute Gasteiger partial charge is 0.0969 e. The molecular formula is C19H38N2O. The number of nitrogens with one attached hydrogen (secondary N) is 1. The molecule has 3 nitrogen and oxygen atoms in total. The van der Waals surface area contributed by atoms with Crippen molar-refractivity contribution in [3.8, 4) is 0 Å². The first-order valence-corrected chi connectivity index (χ1v) is 9.72. The van der Waals surface area contributed by atoms with Gasteiger partial charge in [0.2, 0.25) is 0 Å². The van der Waals surface area contributed by atoms with Crippen LogP contribution in [0.25, 0.3) is 0 Å². The Kier molecular flexibility index (Phi) is 11.4. The van der Waals surface area contributed by atoms with E-state index < -0.39 is 0 Å². The Hall–Kier alpha value is -0.570. The van der Waals surface area contributed by atoms with Crippen LogP contribution in [0, 0.1) is 0 Å². The molecule has 0 saturated carbocycles. The summed E-state index contributed by atoms with van der Waals surface area (Å²) in [5.41, 5.74) is 0. The summed E-state index contributed by atoms with van der Waals surface area (Å²) in [7, 11) is 0. The van der Waals surface area contributed by atoms with Gasteiger partial charge in [-0.15, -0.1) is 0 Å². The number of aliphatic hydroxyl groups excluding tert-OH is 1. The van der Waals surface area contributed by atoms with Crippen molar-refractivity contribution in [1.29, 1.82) is 0 Å². The van der Waals surface area contributed by atoms with E-state index in [9.17, 15) is 5.11 Å². The van der Waals surface area contributed by atoms with Gasteiger partial charge in [-0.3, -0.25) is 4.99 Å². The molecule has 1 heterocycles. The van der Waals surface area contributed by atoms with Gasteiger partial charge in [0.05, 0.1) is 18.0 Å². The molecule has 0 aromatic heterocycles. The van der Waals surface area contributed by atoms with Crippen LogP contribution >= 0.6 is 0 Å². The van der Waals surface area contributed by atoms with Crippen molar-refractivity contribution in [2.24, 2.45) is 4.99 Å². The monoisotopic (exact) mass is 310 g/mol. The van der Waals surface area contributed by atoms with Gasteiger partial charge in [-0.25, -0.2) is 0 Å². The summed E-state index contributed by atoms with van der Waals surface area (Å²) in [6, 6.07) is 0.0762. The van der Waals surface area contributed by atoms with E-state index in [2.05, 4.69) is 17.2 Å². The van der Waals surface area contributed by atoms with Crippen LogP contribution in [0.15, 0.2) is 4.99 Å². The van der Waals surface area contributed by atoms with Crippen molar-refractivity contribution in [1.82, 2.24) is 5.32 Å². The minimum absolute atomic E-state index is 0.0762. The first-order valence-electron chi connectivity index (χ1n) is 9.72. The molecule has 1 aliphatic heterocycles. The third kappa shape index (κ3) is 9.45. The van der Waals surface area contributed by atoms with E-state index in [0.717, 1.165) is 18.8 Å². The third-order valence-electron chi connectivity index (χ3n) is 4.66. The Bertz CT molecular complexity index is 289. The number of hydrogen-bond donors (Lipinski definition) is 2. The van der Waals surface area contributed by atoms with E-state index >= 15 is 0 Å². The highest BCUT2D eigenvalue weighted by Crippen LogP contribution is 2.13. The van der Waals surface area contributed by atoms with Gasteiger partial charge in [-0.1, -0.05) is 77.6 Å². The number of nitrogens with zero attached hydrogens (tertiary/aromatic N) is 1. The van der Waals surface area contributed by atoms with Gasteiger partial charge in [0.25, 0.3) is 0 Å². The summed E-state index contributed by atoms with van der Waals surface area (Å²) in [4.78, 5) is 4.53. The number of amidine groups is 1. The summed E-state index contributed by atoms with van der Waals surface area (Å²) in [5, 5.41) is 12.8. The molecule has 0 aromatic rings. The Labute approximate surface area is 138 Å².